The molecule has 0 unspecified atom stereocenters. The molecule has 1 aromatic rings. The van der Waals surface area contributed by atoms with Crippen LogP contribution in [0.3, 0.4) is 0 Å². The fourth-order valence-electron chi connectivity index (χ4n) is 1.75. The molecule has 1 nitrogen and oxygen atoms in total. The van der Waals surface area contributed by atoms with Crippen LogP contribution < -0.4 is 4.90 Å². The summed E-state index contributed by atoms with van der Waals surface area (Å²) in [5.74, 6) is 0. The molecule has 0 fully saturated rings. The summed E-state index contributed by atoms with van der Waals surface area (Å²) in [6.45, 7) is 12.8. The summed E-state index contributed by atoms with van der Waals surface area (Å²) in [5.41, 5.74) is 5.11. The number of hydrogen-bond donors (Lipinski definition) is 0. The second-order valence-electron chi connectivity index (χ2n) is 4.66. The van der Waals surface area contributed by atoms with Crippen molar-refractivity contribution in [2.45, 2.75) is 40.2 Å². The molecule has 0 saturated heterocycles. The Hall–Kier alpha value is -1.24. The van der Waals surface area contributed by atoms with Crippen LogP contribution in [-0.2, 0) is 0 Å². The maximum atomic E-state index is 4.08. The van der Waals surface area contributed by atoms with Crippen molar-refractivity contribution >= 4 is 11.3 Å². The van der Waals surface area contributed by atoms with Gasteiger partial charge >= 0.3 is 0 Å². The van der Waals surface area contributed by atoms with Gasteiger partial charge in [-0.15, -0.1) is 0 Å². The van der Waals surface area contributed by atoms with E-state index in [1.54, 1.807) is 0 Å². The Kier molecular flexibility index (Phi) is 4.17. The highest BCUT2D eigenvalue weighted by molar-refractivity contribution is 5.67. The van der Waals surface area contributed by atoms with Crippen LogP contribution in [0.4, 0.5) is 5.69 Å². The maximum Gasteiger partial charge on any atom is 0.0396 e. The van der Waals surface area contributed by atoms with Crippen molar-refractivity contribution < 1.29 is 0 Å². The van der Waals surface area contributed by atoms with E-state index in [2.05, 4.69) is 64.4 Å². The SMILES string of the molecule is C=C(CC)c1ccc(N(C)C(C)C)c(C)c1. The van der Waals surface area contributed by atoms with Gasteiger partial charge in [-0.25, -0.2) is 0 Å². The third-order valence-corrected chi connectivity index (χ3v) is 3.19. The van der Waals surface area contributed by atoms with Gasteiger partial charge in [-0.2, -0.15) is 0 Å². The number of anilines is 1. The van der Waals surface area contributed by atoms with E-state index < -0.39 is 0 Å². The van der Waals surface area contributed by atoms with Crippen LogP contribution in [0.2, 0.25) is 0 Å². The van der Waals surface area contributed by atoms with Crippen LogP contribution in [0.5, 0.6) is 0 Å². The van der Waals surface area contributed by atoms with Gasteiger partial charge in [0.1, 0.15) is 0 Å². The fourth-order valence-corrected chi connectivity index (χ4v) is 1.75. The highest BCUT2D eigenvalue weighted by Gasteiger charge is 2.08. The van der Waals surface area contributed by atoms with Gasteiger partial charge in [0.25, 0.3) is 0 Å². The number of benzene rings is 1. The Balaban J connectivity index is 3.05. The molecule has 0 aromatic heterocycles. The smallest absolute Gasteiger partial charge is 0.0396 e. The maximum absolute atomic E-state index is 4.08. The second kappa shape index (κ2) is 5.20. The minimum absolute atomic E-state index is 0.527. The van der Waals surface area contributed by atoms with Gasteiger partial charge in [0.05, 0.1) is 0 Å². The molecule has 1 rings (SSSR count). The molecule has 0 radical (unpaired) electrons. The zero-order valence-corrected chi connectivity index (χ0v) is 11.2. The Labute approximate surface area is 99.8 Å². The van der Waals surface area contributed by atoms with Crippen molar-refractivity contribution in [2.75, 3.05) is 11.9 Å². The van der Waals surface area contributed by atoms with Crippen LogP contribution in [0.1, 0.15) is 38.3 Å². The number of hydrogen-bond acceptors (Lipinski definition) is 1. The van der Waals surface area contributed by atoms with Crippen molar-refractivity contribution in [3.05, 3.63) is 35.9 Å². The second-order valence-corrected chi connectivity index (χ2v) is 4.66. The van der Waals surface area contributed by atoms with Gasteiger partial charge in [-0.3, -0.25) is 0 Å². The summed E-state index contributed by atoms with van der Waals surface area (Å²) in [6.07, 6.45) is 1.01. The number of nitrogens with zero attached hydrogens (tertiary/aromatic N) is 1. The van der Waals surface area contributed by atoms with E-state index in [9.17, 15) is 0 Å². The molecule has 0 amide bonds. The summed E-state index contributed by atoms with van der Waals surface area (Å²) >= 11 is 0. The third kappa shape index (κ3) is 2.66. The molecule has 0 N–H and O–H groups in total. The van der Waals surface area contributed by atoms with Crippen molar-refractivity contribution in [1.29, 1.82) is 0 Å². The monoisotopic (exact) mass is 217 g/mol. The summed E-state index contributed by atoms with van der Waals surface area (Å²) < 4.78 is 0. The molecule has 1 aromatic carbocycles. The van der Waals surface area contributed by atoms with E-state index in [-0.39, 0.29) is 0 Å². The van der Waals surface area contributed by atoms with Crippen molar-refractivity contribution in [1.82, 2.24) is 0 Å². The van der Waals surface area contributed by atoms with Crippen LogP contribution in [0.15, 0.2) is 24.8 Å². The standard InChI is InChI=1S/C15H23N/c1-7-12(4)14-8-9-15(13(5)10-14)16(6)11(2)3/h8-11H,4,7H2,1-3,5-6H3. The lowest BCUT2D eigenvalue weighted by Crippen LogP contribution is -2.26. The Bertz CT molecular complexity index is 377. The van der Waals surface area contributed by atoms with Crippen LogP contribution in [0, 0.1) is 6.92 Å². The molecular formula is C15H23N. The third-order valence-electron chi connectivity index (χ3n) is 3.19. The molecule has 0 atom stereocenters. The molecule has 0 saturated carbocycles. The van der Waals surface area contributed by atoms with Gasteiger partial charge in [0.15, 0.2) is 0 Å². The highest BCUT2D eigenvalue weighted by atomic mass is 15.1. The highest BCUT2D eigenvalue weighted by Crippen LogP contribution is 2.25. The van der Waals surface area contributed by atoms with E-state index in [1.807, 2.05) is 0 Å². The van der Waals surface area contributed by atoms with Crippen molar-refractivity contribution in [3.63, 3.8) is 0 Å². The Morgan fingerprint density at radius 2 is 2.00 bits per heavy atom. The van der Waals surface area contributed by atoms with Crippen LogP contribution in [0.25, 0.3) is 5.57 Å². The van der Waals surface area contributed by atoms with Crippen LogP contribution >= 0.6 is 0 Å². The number of allylic oxidation sites excluding steroid dienone is 1. The lowest BCUT2D eigenvalue weighted by atomic mass is 10.0. The summed E-state index contributed by atoms with van der Waals surface area (Å²) in [5, 5.41) is 0. The first-order valence-electron chi connectivity index (χ1n) is 5.99. The minimum Gasteiger partial charge on any atom is -0.372 e. The number of rotatable bonds is 4. The first-order chi connectivity index (χ1) is 7.47. The first kappa shape index (κ1) is 12.8. The summed E-state index contributed by atoms with van der Waals surface area (Å²) in [4.78, 5) is 2.30. The van der Waals surface area contributed by atoms with E-state index in [0.717, 1.165) is 6.42 Å². The van der Waals surface area contributed by atoms with E-state index in [1.165, 1.54) is 22.4 Å². The topological polar surface area (TPSA) is 3.24 Å². The van der Waals surface area contributed by atoms with Crippen molar-refractivity contribution in [2.24, 2.45) is 0 Å². The lowest BCUT2D eigenvalue weighted by molar-refractivity contribution is 0.752. The molecule has 0 spiro atoms. The lowest BCUT2D eigenvalue weighted by Gasteiger charge is -2.26. The molecule has 16 heavy (non-hydrogen) atoms. The van der Waals surface area contributed by atoms with Gasteiger partial charge < -0.3 is 4.90 Å². The van der Waals surface area contributed by atoms with Gasteiger partial charge in [-0.1, -0.05) is 19.6 Å². The molecule has 0 aliphatic heterocycles. The van der Waals surface area contributed by atoms with Gasteiger partial charge in [0.2, 0.25) is 0 Å². The fraction of sp³-hybridized carbons (Fsp3) is 0.467. The Morgan fingerprint density at radius 1 is 1.38 bits per heavy atom. The quantitative estimate of drug-likeness (QED) is 0.728. The largest absolute Gasteiger partial charge is 0.372 e. The van der Waals surface area contributed by atoms with E-state index in [4.69, 9.17) is 0 Å². The van der Waals surface area contributed by atoms with Gasteiger partial charge in [-0.05, 0) is 56.0 Å². The first-order valence-corrected chi connectivity index (χ1v) is 5.99. The average Bonchev–Trinajstić information content (AvgIpc) is 2.26. The molecule has 0 heterocycles. The molecule has 0 aliphatic rings. The van der Waals surface area contributed by atoms with Crippen molar-refractivity contribution in [3.8, 4) is 0 Å². The normalized spacial score (nSPS) is 10.6. The molecule has 1 heteroatoms. The summed E-state index contributed by atoms with van der Waals surface area (Å²) in [6, 6.07) is 7.14. The number of aryl methyl sites for hydroxylation is 1. The van der Waals surface area contributed by atoms with Gasteiger partial charge in [0, 0.05) is 18.8 Å². The summed E-state index contributed by atoms with van der Waals surface area (Å²) in [7, 11) is 2.14. The minimum atomic E-state index is 0.527. The van der Waals surface area contributed by atoms with E-state index >= 15 is 0 Å². The Morgan fingerprint density at radius 3 is 2.44 bits per heavy atom. The molecular weight excluding hydrogens is 194 g/mol. The zero-order valence-electron chi connectivity index (χ0n) is 11.2. The molecule has 88 valence electrons. The predicted molar refractivity (Wildman–Crippen MR) is 74.0 cm³/mol. The molecule has 0 bridgehead atoms. The van der Waals surface area contributed by atoms with Crippen LogP contribution in [-0.4, -0.2) is 13.1 Å². The average molecular weight is 217 g/mol. The predicted octanol–water partition coefficient (Wildman–Crippen LogP) is 4.26. The molecule has 0 aliphatic carbocycles. The zero-order chi connectivity index (χ0) is 12.3. The van der Waals surface area contributed by atoms with E-state index in [0.29, 0.717) is 6.04 Å².